The molecular weight excluding hydrogens is 192 g/mol. The summed E-state index contributed by atoms with van der Waals surface area (Å²) < 4.78 is 1.95. The molecule has 0 unspecified atom stereocenters. The Hall–Kier alpha value is -1.36. The van der Waals surface area contributed by atoms with Crippen molar-refractivity contribution in [1.29, 1.82) is 0 Å². The van der Waals surface area contributed by atoms with Gasteiger partial charge in [0.2, 0.25) is 5.91 Å². The summed E-state index contributed by atoms with van der Waals surface area (Å²) in [6.45, 7) is 6.69. The van der Waals surface area contributed by atoms with E-state index in [4.69, 9.17) is 0 Å². The third kappa shape index (κ3) is 4.12. The maximum atomic E-state index is 10.6. The molecule has 84 valence electrons. The van der Waals surface area contributed by atoms with E-state index in [2.05, 4.69) is 22.7 Å². The van der Waals surface area contributed by atoms with Crippen molar-refractivity contribution in [2.24, 2.45) is 0 Å². The Bertz CT molecular complexity index is 308. The minimum atomic E-state index is 0.00963. The Labute approximate surface area is 89.9 Å². The molecule has 0 radical (unpaired) electrons. The summed E-state index contributed by atoms with van der Waals surface area (Å²) >= 11 is 0. The van der Waals surface area contributed by atoms with Gasteiger partial charge in [-0.2, -0.15) is 5.10 Å². The first-order valence-electron chi connectivity index (χ1n) is 5.20. The number of rotatable bonds is 6. The number of amides is 1. The second-order valence-electron chi connectivity index (χ2n) is 3.30. The summed E-state index contributed by atoms with van der Waals surface area (Å²) in [4.78, 5) is 10.6. The summed E-state index contributed by atoms with van der Waals surface area (Å²) in [6, 6.07) is 1.99. The number of nitrogens with one attached hydrogen (secondary N) is 2. The van der Waals surface area contributed by atoms with E-state index in [1.807, 2.05) is 10.7 Å². The number of hydrogen-bond acceptors (Lipinski definition) is 3. The summed E-state index contributed by atoms with van der Waals surface area (Å²) in [5.74, 6) is 0.00963. The summed E-state index contributed by atoms with van der Waals surface area (Å²) in [5, 5.41) is 10.1. The van der Waals surface area contributed by atoms with Crippen LogP contribution in [0.3, 0.4) is 0 Å². The van der Waals surface area contributed by atoms with Gasteiger partial charge >= 0.3 is 0 Å². The predicted octanol–water partition coefficient (Wildman–Crippen LogP) is 0.129. The Kier molecular flexibility index (Phi) is 4.83. The molecular formula is C10H18N4O. The first-order chi connectivity index (χ1) is 7.24. The van der Waals surface area contributed by atoms with Crippen LogP contribution in [-0.4, -0.2) is 28.8 Å². The molecule has 0 aliphatic heterocycles. The van der Waals surface area contributed by atoms with E-state index < -0.39 is 0 Å². The van der Waals surface area contributed by atoms with Gasteiger partial charge in [-0.3, -0.25) is 9.48 Å². The quantitative estimate of drug-likeness (QED) is 0.656. The SMILES string of the molecule is CCn1nccc1CNCCNC(C)=O. The Morgan fingerprint density at radius 2 is 2.33 bits per heavy atom. The second kappa shape index (κ2) is 6.19. The lowest BCUT2D eigenvalue weighted by atomic mass is 10.4. The van der Waals surface area contributed by atoms with E-state index >= 15 is 0 Å². The highest BCUT2D eigenvalue weighted by atomic mass is 16.1. The van der Waals surface area contributed by atoms with Gasteiger partial charge < -0.3 is 10.6 Å². The zero-order valence-corrected chi connectivity index (χ0v) is 9.29. The Morgan fingerprint density at radius 1 is 1.53 bits per heavy atom. The third-order valence-corrected chi connectivity index (χ3v) is 2.09. The molecule has 0 atom stereocenters. The molecule has 1 rings (SSSR count). The molecule has 0 aliphatic rings. The molecule has 0 saturated carbocycles. The topological polar surface area (TPSA) is 59.0 Å². The number of nitrogens with zero attached hydrogens (tertiary/aromatic N) is 2. The largest absolute Gasteiger partial charge is 0.355 e. The van der Waals surface area contributed by atoms with Crippen LogP contribution < -0.4 is 10.6 Å². The number of aromatic nitrogens is 2. The number of aryl methyl sites for hydroxylation is 1. The van der Waals surface area contributed by atoms with Crippen molar-refractivity contribution in [3.05, 3.63) is 18.0 Å². The Morgan fingerprint density at radius 3 is 3.00 bits per heavy atom. The van der Waals surface area contributed by atoms with Crippen LogP contribution in [0.1, 0.15) is 19.5 Å². The van der Waals surface area contributed by atoms with Crippen LogP contribution in [0.25, 0.3) is 0 Å². The van der Waals surface area contributed by atoms with E-state index in [0.29, 0.717) is 6.54 Å². The van der Waals surface area contributed by atoms with Crippen LogP contribution in [0.5, 0.6) is 0 Å². The first-order valence-corrected chi connectivity index (χ1v) is 5.20. The smallest absolute Gasteiger partial charge is 0.216 e. The van der Waals surface area contributed by atoms with Crippen LogP contribution in [-0.2, 0) is 17.9 Å². The fourth-order valence-corrected chi connectivity index (χ4v) is 1.34. The first kappa shape index (κ1) is 11.7. The van der Waals surface area contributed by atoms with E-state index in [1.54, 1.807) is 6.20 Å². The van der Waals surface area contributed by atoms with Gasteiger partial charge in [-0.25, -0.2) is 0 Å². The molecule has 1 aromatic heterocycles. The molecule has 5 nitrogen and oxygen atoms in total. The maximum Gasteiger partial charge on any atom is 0.216 e. The van der Waals surface area contributed by atoms with Crippen molar-refractivity contribution < 1.29 is 4.79 Å². The molecule has 5 heteroatoms. The van der Waals surface area contributed by atoms with E-state index in [0.717, 1.165) is 19.6 Å². The van der Waals surface area contributed by atoms with Crippen LogP contribution in [0, 0.1) is 0 Å². The van der Waals surface area contributed by atoms with Crippen LogP contribution in [0.4, 0.5) is 0 Å². The number of carbonyl (C=O) groups is 1. The average Bonchev–Trinajstić information content (AvgIpc) is 2.64. The second-order valence-corrected chi connectivity index (χ2v) is 3.30. The molecule has 0 fully saturated rings. The number of carbonyl (C=O) groups excluding carboxylic acids is 1. The molecule has 0 saturated heterocycles. The third-order valence-electron chi connectivity index (χ3n) is 2.09. The van der Waals surface area contributed by atoms with Crippen LogP contribution in [0.2, 0.25) is 0 Å². The minimum absolute atomic E-state index is 0.00963. The van der Waals surface area contributed by atoms with Gasteiger partial charge in [0.15, 0.2) is 0 Å². The molecule has 1 heterocycles. The average molecular weight is 210 g/mol. The van der Waals surface area contributed by atoms with Gasteiger partial charge in [0.05, 0.1) is 5.69 Å². The summed E-state index contributed by atoms with van der Waals surface area (Å²) in [7, 11) is 0. The summed E-state index contributed by atoms with van der Waals surface area (Å²) in [5.41, 5.74) is 1.17. The predicted molar refractivity (Wildman–Crippen MR) is 58.3 cm³/mol. The highest BCUT2D eigenvalue weighted by molar-refractivity contribution is 5.72. The normalized spacial score (nSPS) is 10.3. The molecule has 1 aromatic rings. The van der Waals surface area contributed by atoms with Crippen molar-refractivity contribution in [3.8, 4) is 0 Å². The molecule has 0 aromatic carbocycles. The molecule has 15 heavy (non-hydrogen) atoms. The van der Waals surface area contributed by atoms with E-state index in [-0.39, 0.29) is 5.91 Å². The van der Waals surface area contributed by atoms with Crippen molar-refractivity contribution in [2.45, 2.75) is 26.9 Å². The van der Waals surface area contributed by atoms with Crippen molar-refractivity contribution >= 4 is 5.91 Å². The van der Waals surface area contributed by atoms with Gasteiger partial charge in [-0.15, -0.1) is 0 Å². The van der Waals surface area contributed by atoms with Crippen LogP contribution >= 0.6 is 0 Å². The molecule has 0 aliphatic carbocycles. The lowest BCUT2D eigenvalue weighted by molar-refractivity contribution is -0.118. The standard InChI is InChI=1S/C10H18N4O/c1-3-14-10(4-5-13-14)8-11-6-7-12-9(2)15/h4-5,11H,3,6-8H2,1-2H3,(H,12,15). The van der Waals surface area contributed by atoms with Gasteiger partial charge in [-0.05, 0) is 13.0 Å². The maximum absolute atomic E-state index is 10.6. The lowest BCUT2D eigenvalue weighted by Crippen LogP contribution is -2.30. The molecule has 1 amide bonds. The minimum Gasteiger partial charge on any atom is -0.355 e. The fraction of sp³-hybridized carbons (Fsp3) is 0.600. The van der Waals surface area contributed by atoms with Crippen molar-refractivity contribution in [2.75, 3.05) is 13.1 Å². The van der Waals surface area contributed by atoms with E-state index in [1.165, 1.54) is 12.6 Å². The van der Waals surface area contributed by atoms with E-state index in [9.17, 15) is 4.79 Å². The zero-order chi connectivity index (χ0) is 11.1. The monoisotopic (exact) mass is 210 g/mol. The van der Waals surface area contributed by atoms with Gasteiger partial charge in [0, 0.05) is 39.3 Å². The van der Waals surface area contributed by atoms with Crippen molar-refractivity contribution in [1.82, 2.24) is 20.4 Å². The number of hydrogen-bond donors (Lipinski definition) is 2. The Balaban J connectivity index is 2.17. The van der Waals surface area contributed by atoms with Gasteiger partial charge in [0.25, 0.3) is 0 Å². The summed E-state index contributed by atoms with van der Waals surface area (Å²) in [6.07, 6.45) is 1.80. The van der Waals surface area contributed by atoms with Gasteiger partial charge in [0.1, 0.15) is 0 Å². The molecule has 2 N–H and O–H groups in total. The zero-order valence-electron chi connectivity index (χ0n) is 9.29. The van der Waals surface area contributed by atoms with Crippen LogP contribution in [0.15, 0.2) is 12.3 Å². The highest BCUT2D eigenvalue weighted by Crippen LogP contribution is 1.97. The van der Waals surface area contributed by atoms with Gasteiger partial charge in [-0.1, -0.05) is 0 Å². The molecule has 0 spiro atoms. The molecule has 0 bridgehead atoms. The fourth-order valence-electron chi connectivity index (χ4n) is 1.34. The lowest BCUT2D eigenvalue weighted by Gasteiger charge is -2.06. The van der Waals surface area contributed by atoms with Crippen molar-refractivity contribution in [3.63, 3.8) is 0 Å². The highest BCUT2D eigenvalue weighted by Gasteiger charge is 1.99.